The van der Waals surface area contributed by atoms with Crippen molar-refractivity contribution in [1.82, 2.24) is 5.32 Å². The lowest BCUT2D eigenvalue weighted by atomic mass is 10.00. The van der Waals surface area contributed by atoms with Crippen molar-refractivity contribution in [3.05, 3.63) is 29.8 Å². The second kappa shape index (κ2) is 5.58. The number of benzene rings is 1. The van der Waals surface area contributed by atoms with E-state index in [1.54, 1.807) is 7.11 Å². The fourth-order valence-corrected chi connectivity index (χ4v) is 1.90. The highest BCUT2D eigenvalue weighted by molar-refractivity contribution is 5.46. The third kappa shape index (κ3) is 2.77. The SMILES string of the molecule is COc1ccccc1C#CC1CCCNC1. The Balaban J connectivity index is 2.10. The molecule has 1 fully saturated rings. The molecule has 1 aromatic carbocycles. The number of hydrogen-bond donors (Lipinski definition) is 1. The van der Waals surface area contributed by atoms with Crippen molar-refractivity contribution < 1.29 is 4.74 Å². The number of para-hydroxylation sites is 1. The lowest BCUT2D eigenvalue weighted by Crippen LogP contribution is -2.28. The highest BCUT2D eigenvalue weighted by Crippen LogP contribution is 2.16. The Labute approximate surface area is 97.0 Å². The number of hydrogen-bond acceptors (Lipinski definition) is 2. The van der Waals surface area contributed by atoms with Crippen LogP contribution in [0.4, 0.5) is 0 Å². The Hall–Kier alpha value is -1.46. The summed E-state index contributed by atoms with van der Waals surface area (Å²) in [5.41, 5.74) is 0.982. The van der Waals surface area contributed by atoms with Crippen molar-refractivity contribution in [3.63, 3.8) is 0 Å². The molecular weight excluding hydrogens is 198 g/mol. The topological polar surface area (TPSA) is 21.3 Å². The van der Waals surface area contributed by atoms with Crippen molar-refractivity contribution in [2.45, 2.75) is 12.8 Å². The highest BCUT2D eigenvalue weighted by Gasteiger charge is 2.09. The summed E-state index contributed by atoms with van der Waals surface area (Å²) in [4.78, 5) is 0. The predicted molar refractivity (Wildman–Crippen MR) is 65.5 cm³/mol. The van der Waals surface area contributed by atoms with Crippen molar-refractivity contribution in [3.8, 4) is 17.6 Å². The molecule has 0 spiro atoms. The average Bonchev–Trinajstić information content (AvgIpc) is 2.38. The number of nitrogens with one attached hydrogen (secondary N) is 1. The minimum atomic E-state index is 0.485. The van der Waals surface area contributed by atoms with Gasteiger partial charge < -0.3 is 10.1 Å². The summed E-state index contributed by atoms with van der Waals surface area (Å²) in [5.74, 6) is 7.88. The van der Waals surface area contributed by atoms with Gasteiger partial charge in [0.2, 0.25) is 0 Å². The van der Waals surface area contributed by atoms with E-state index in [1.807, 2.05) is 24.3 Å². The summed E-state index contributed by atoms with van der Waals surface area (Å²) in [6.07, 6.45) is 2.43. The monoisotopic (exact) mass is 215 g/mol. The molecule has 1 aromatic rings. The molecule has 2 heteroatoms. The van der Waals surface area contributed by atoms with E-state index in [2.05, 4.69) is 17.2 Å². The second-order valence-corrected chi connectivity index (χ2v) is 4.01. The van der Waals surface area contributed by atoms with Crippen molar-refractivity contribution in [1.29, 1.82) is 0 Å². The smallest absolute Gasteiger partial charge is 0.134 e. The molecule has 16 heavy (non-hydrogen) atoms. The zero-order chi connectivity index (χ0) is 11.2. The van der Waals surface area contributed by atoms with Crippen LogP contribution in [0.1, 0.15) is 18.4 Å². The molecule has 1 atom stereocenters. The van der Waals surface area contributed by atoms with Crippen LogP contribution < -0.4 is 10.1 Å². The summed E-state index contributed by atoms with van der Waals surface area (Å²) in [6, 6.07) is 7.91. The Morgan fingerprint density at radius 3 is 3.00 bits per heavy atom. The van der Waals surface area contributed by atoms with Crippen molar-refractivity contribution in [2.75, 3.05) is 20.2 Å². The van der Waals surface area contributed by atoms with Gasteiger partial charge in [0, 0.05) is 12.5 Å². The van der Waals surface area contributed by atoms with Crippen LogP contribution in [0.5, 0.6) is 5.75 Å². The van der Waals surface area contributed by atoms with Gasteiger partial charge in [-0.2, -0.15) is 0 Å². The normalized spacial score (nSPS) is 19.7. The summed E-state index contributed by atoms with van der Waals surface area (Å²) in [6.45, 7) is 2.15. The molecule has 0 aliphatic carbocycles. The number of piperidine rings is 1. The minimum Gasteiger partial charge on any atom is -0.495 e. The highest BCUT2D eigenvalue weighted by atomic mass is 16.5. The first kappa shape index (κ1) is 11.0. The Bertz CT molecular complexity index is 397. The van der Waals surface area contributed by atoms with Gasteiger partial charge in [0.1, 0.15) is 5.75 Å². The second-order valence-electron chi connectivity index (χ2n) is 4.01. The van der Waals surface area contributed by atoms with Gasteiger partial charge >= 0.3 is 0 Å². The van der Waals surface area contributed by atoms with Crippen LogP contribution in [0.15, 0.2) is 24.3 Å². The molecule has 1 saturated heterocycles. The number of rotatable bonds is 1. The molecule has 84 valence electrons. The van der Waals surface area contributed by atoms with Gasteiger partial charge in [-0.1, -0.05) is 24.0 Å². The van der Waals surface area contributed by atoms with Gasteiger partial charge in [0.25, 0.3) is 0 Å². The van der Waals surface area contributed by atoms with Gasteiger partial charge in [-0.15, -0.1) is 0 Å². The van der Waals surface area contributed by atoms with E-state index in [9.17, 15) is 0 Å². The zero-order valence-electron chi connectivity index (χ0n) is 9.62. The summed E-state index contributed by atoms with van der Waals surface area (Å²) in [5, 5.41) is 3.37. The zero-order valence-corrected chi connectivity index (χ0v) is 9.62. The van der Waals surface area contributed by atoms with Gasteiger partial charge in [0.05, 0.1) is 12.7 Å². The first-order valence-electron chi connectivity index (χ1n) is 5.75. The molecule has 1 unspecified atom stereocenters. The molecule has 1 heterocycles. The average molecular weight is 215 g/mol. The van der Waals surface area contributed by atoms with E-state index in [1.165, 1.54) is 12.8 Å². The first-order valence-corrected chi connectivity index (χ1v) is 5.75. The summed E-state index contributed by atoms with van der Waals surface area (Å²) >= 11 is 0. The molecule has 0 radical (unpaired) electrons. The van der Waals surface area contributed by atoms with Crippen LogP contribution in [0, 0.1) is 17.8 Å². The number of methoxy groups -OCH3 is 1. The Kier molecular flexibility index (Phi) is 3.85. The van der Waals surface area contributed by atoms with Crippen LogP contribution in [0.25, 0.3) is 0 Å². The van der Waals surface area contributed by atoms with Gasteiger partial charge in [-0.25, -0.2) is 0 Å². The van der Waals surface area contributed by atoms with E-state index in [4.69, 9.17) is 4.74 Å². The Morgan fingerprint density at radius 2 is 2.25 bits per heavy atom. The molecule has 1 aliphatic rings. The molecule has 0 saturated carbocycles. The quantitative estimate of drug-likeness (QED) is 0.724. The van der Waals surface area contributed by atoms with Gasteiger partial charge in [0.15, 0.2) is 0 Å². The van der Waals surface area contributed by atoms with E-state index in [0.717, 1.165) is 24.4 Å². The molecular formula is C14H17NO. The fraction of sp³-hybridized carbons (Fsp3) is 0.429. The standard InChI is InChI=1S/C14H17NO/c1-16-14-7-3-2-6-13(14)9-8-12-5-4-10-15-11-12/h2-3,6-7,12,15H,4-5,10-11H2,1H3. The summed E-state index contributed by atoms with van der Waals surface area (Å²) in [7, 11) is 1.68. The van der Waals surface area contributed by atoms with E-state index < -0.39 is 0 Å². The van der Waals surface area contributed by atoms with Crippen LogP contribution >= 0.6 is 0 Å². The number of ether oxygens (including phenoxy) is 1. The Morgan fingerprint density at radius 1 is 1.38 bits per heavy atom. The van der Waals surface area contributed by atoms with E-state index in [0.29, 0.717) is 5.92 Å². The van der Waals surface area contributed by atoms with E-state index >= 15 is 0 Å². The van der Waals surface area contributed by atoms with E-state index in [-0.39, 0.29) is 0 Å². The molecule has 1 aliphatic heterocycles. The predicted octanol–water partition coefficient (Wildman–Crippen LogP) is 2.05. The lowest BCUT2D eigenvalue weighted by molar-refractivity contribution is 0.413. The van der Waals surface area contributed by atoms with Crippen LogP contribution in [-0.4, -0.2) is 20.2 Å². The lowest BCUT2D eigenvalue weighted by Gasteiger charge is -2.17. The maximum Gasteiger partial charge on any atom is 0.134 e. The van der Waals surface area contributed by atoms with Crippen LogP contribution in [0.3, 0.4) is 0 Å². The minimum absolute atomic E-state index is 0.485. The molecule has 2 nitrogen and oxygen atoms in total. The molecule has 0 amide bonds. The first-order chi connectivity index (χ1) is 7.90. The van der Waals surface area contributed by atoms with Crippen LogP contribution in [-0.2, 0) is 0 Å². The maximum atomic E-state index is 5.27. The third-order valence-corrected chi connectivity index (χ3v) is 2.81. The molecule has 0 aromatic heterocycles. The van der Waals surface area contributed by atoms with Gasteiger partial charge in [-0.3, -0.25) is 0 Å². The fourth-order valence-electron chi connectivity index (χ4n) is 1.90. The van der Waals surface area contributed by atoms with Crippen LogP contribution in [0.2, 0.25) is 0 Å². The van der Waals surface area contributed by atoms with Crippen molar-refractivity contribution in [2.24, 2.45) is 5.92 Å². The maximum absolute atomic E-state index is 5.27. The summed E-state index contributed by atoms with van der Waals surface area (Å²) < 4.78 is 5.27. The molecule has 0 bridgehead atoms. The largest absolute Gasteiger partial charge is 0.495 e. The molecule has 1 N–H and O–H groups in total. The third-order valence-electron chi connectivity index (χ3n) is 2.81. The van der Waals surface area contributed by atoms with Crippen molar-refractivity contribution >= 4 is 0 Å². The molecule has 2 rings (SSSR count). The van der Waals surface area contributed by atoms with Gasteiger partial charge in [-0.05, 0) is 31.5 Å².